The van der Waals surface area contributed by atoms with Gasteiger partial charge in [-0.1, -0.05) is 18.2 Å². The van der Waals surface area contributed by atoms with Crippen molar-refractivity contribution in [3.63, 3.8) is 0 Å². The van der Waals surface area contributed by atoms with E-state index in [1.54, 1.807) is 18.2 Å². The second-order valence-corrected chi connectivity index (χ2v) is 6.43. The number of ether oxygens (including phenoxy) is 1. The van der Waals surface area contributed by atoms with Crippen molar-refractivity contribution in [1.82, 2.24) is 0 Å². The number of nitrogens with two attached hydrogens (primary N) is 2. The highest BCUT2D eigenvalue weighted by Crippen LogP contribution is 2.33. The van der Waals surface area contributed by atoms with E-state index in [1.807, 2.05) is 0 Å². The molecule has 0 spiro atoms. The molecule has 2 unspecified atom stereocenters. The van der Waals surface area contributed by atoms with E-state index in [2.05, 4.69) is 0 Å². The highest BCUT2D eigenvalue weighted by atomic mass is 32.2. The first-order chi connectivity index (χ1) is 9.26. The molecule has 0 aromatic heterocycles. The fourth-order valence-electron chi connectivity index (χ4n) is 1.99. The topological polar surface area (TPSA) is 136 Å². The smallest absolute Gasteiger partial charge is 0.320 e. The molecule has 0 aliphatic carbocycles. The second kappa shape index (κ2) is 5.49. The Morgan fingerprint density at radius 1 is 1.50 bits per heavy atom. The van der Waals surface area contributed by atoms with Gasteiger partial charge in [0.15, 0.2) is 0 Å². The molecule has 1 aliphatic rings. The summed E-state index contributed by atoms with van der Waals surface area (Å²) in [7, 11) is -3.63. The third kappa shape index (κ3) is 4.01. The van der Waals surface area contributed by atoms with E-state index in [4.69, 9.17) is 20.7 Å². The van der Waals surface area contributed by atoms with Crippen LogP contribution in [0, 0.1) is 0 Å². The molecule has 0 amide bonds. The van der Waals surface area contributed by atoms with Crippen LogP contribution < -0.4 is 10.9 Å². The minimum atomic E-state index is -3.63. The first-order valence-corrected chi connectivity index (χ1v) is 7.70. The summed E-state index contributed by atoms with van der Waals surface area (Å²) in [6.45, 7) is 0.520. The van der Waals surface area contributed by atoms with Gasteiger partial charge in [-0.3, -0.25) is 4.79 Å². The normalized spacial score (nSPS) is 19.6. The first-order valence-electron chi connectivity index (χ1n) is 5.98. The van der Waals surface area contributed by atoms with Crippen LogP contribution in [0.1, 0.15) is 22.8 Å². The van der Waals surface area contributed by atoms with E-state index >= 15 is 0 Å². The van der Waals surface area contributed by atoms with E-state index in [0.717, 1.165) is 11.1 Å². The molecule has 20 heavy (non-hydrogen) atoms. The number of hydrogen-bond donors (Lipinski definition) is 3. The maximum atomic E-state index is 11.2. The van der Waals surface area contributed by atoms with Crippen LogP contribution >= 0.6 is 0 Å². The van der Waals surface area contributed by atoms with Gasteiger partial charge in [-0.25, -0.2) is 13.6 Å². The van der Waals surface area contributed by atoms with Crippen molar-refractivity contribution in [2.45, 2.75) is 24.3 Å². The molecule has 1 aromatic rings. The van der Waals surface area contributed by atoms with Crippen molar-refractivity contribution in [3.05, 3.63) is 34.9 Å². The fourth-order valence-corrected chi connectivity index (χ4v) is 2.68. The maximum Gasteiger partial charge on any atom is 0.320 e. The Balaban J connectivity index is 2.26. The van der Waals surface area contributed by atoms with Crippen LogP contribution in [0.3, 0.4) is 0 Å². The Morgan fingerprint density at radius 2 is 2.15 bits per heavy atom. The van der Waals surface area contributed by atoms with E-state index in [0.29, 0.717) is 12.2 Å². The van der Waals surface area contributed by atoms with E-state index in [9.17, 15) is 13.2 Å². The number of primary sulfonamides is 1. The summed E-state index contributed by atoms with van der Waals surface area (Å²) >= 11 is 0. The van der Waals surface area contributed by atoms with Crippen molar-refractivity contribution >= 4 is 16.0 Å². The van der Waals surface area contributed by atoms with E-state index < -0.39 is 22.0 Å². The van der Waals surface area contributed by atoms with Gasteiger partial charge < -0.3 is 15.6 Å². The molecule has 1 fully saturated rings. The number of carboxylic acids is 1. The number of hydrogen-bond acceptors (Lipinski definition) is 5. The maximum absolute atomic E-state index is 11.2. The van der Waals surface area contributed by atoms with Crippen molar-refractivity contribution in [1.29, 1.82) is 0 Å². The summed E-state index contributed by atoms with van der Waals surface area (Å²) in [6.07, 6.45) is 0.0257. The molecule has 5 N–H and O–H groups in total. The molecule has 7 nitrogen and oxygen atoms in total. The largest absolute Gasteiger partial charge is 0.480 e. The van der Waals surface area contributed by atoms with Gasteiger partial charge in [0.2, 0.25) is 10.0 Å². The van der Waals surface area contributed by atoms with Gasteiger partial charge in [0.05, 0.1) is 12.4 Å². The van der Waals surface area contributed by atoms with Gasteiger partial charge in [0.1, 0.15) is 12.1 Å². The van der Waals surface area contributed by atoms with Crippen molar-refractivity contribution < 1.29 is 23.1 Å². The average Bonchev–Trinajstić information content (AvgIpc) is 3.13. The van der Waals surface area contributed by atoms with Crippen LogP contribution in [0.25, 0.3) is 0 Å². The zero-order valence-electron chi connectivity index (χ0n) is 10.7. The standard InChI is InChI=1S/C12H16N2O5S/c13-10(12(15)16)4-7-1-2-8(6-20(14,17)18)9(3-7)11-5-19-11/h1-3,10-11H,4-6,13H2,(H,15,16)(H2,14,17,18). The molecule has 8 heteroatoms. The SMILES string of the molecule is NC(Cc1ccc(CS(N)(=O)=O)c(C2CO2)c1)C(=O)O. The lowest BCUT2D eigenvalue weighted by molar-refractivity contribution is -0.138. The molecular weight excluding hydrogens is 284 g/mol. The molecule has 0 bridgehead atoms. The zero-order chi connectivity index (χ0) is 14.9. The number of aliphatic carboxylic acids is 1. The molecular formula is C12H16N2O5S. The lowest BCUT2D eigenvalue weighted by Crippen LogP contribution is -2.32. The predicted molar refractivity (Wildman–Crippen MR) is 71.3 cm³/mol. The monoisotopic (exact) mass is 300 g/mol. The summed E-state index contributed by atoms with van der Waals surface area (Å²) in [6, 6.07) is 4.04. The van der Waals surface area contributed by atoms with Gasteiger partial charge in [-0.05, 0) is 23.1 Å². The highest BCUT2D eigenvalue weighted by Gasteiger charge is 2.28. The third-order valence-electron chi connectivity index (χ3n) is 3.02. The molecule has 1 saturated heterocycles. The Kier molecular flexibility index (Phi) is 4.09. The summed E-state index contributed by atoms with van der Waals surface area (Å²) in [5, 5.41) is 13.8. The molecule has 1 heterocycles. The zero-order valence-corrected chi connectivity index (χ0v) is 11.5. The molecule has 0 saturated carbocycles. The van der Waals surface area contributed by atoms with E-state index in [1.165, 1.54) is 0 Å². The molecule has 1 aliphatic heterocycles. The molecule has 1 aromatic carbocycles. The van der Waals surface area contributed by atoms with Gasteiger partial charge in [0, 0.05) is 0 Å². The second-order valence-electron chi connectivity index (χ2n) is 4.81. The quantitative estimate of drug-likeness (QED) is 0.606. The first kappa shape index (κ1) is 14.9. The lowest BCUT2D eigenvalue weighted by Gasteiger charge is -2.11. The summed E-state index contributed by atoms with van der Waals surface area (Å²) in [5.41, 5.74) is 7.51. The molecule has 2 rings (SSSR count). The van der Waals surface area contributed by atoms with Crippen molar-refractivity contribution in [2.75, 3.05) is 6.61 Å². The Bertz CT molecular complexity index is 625. The third-order valence-corrected chi connectivity index (χ3v) is 3.73. The van der Waals surface area contributed by atoms with Gasteiger partial charge >= 0.3 is 5.97 Å². The number of benzene rings is 1. The van der Waals surface area contributed by atoms with Gasteiger partial charge in [-0.15, -0.1) is 0 Å². The highest BCUT2D eigenvalue weighted by molar-refractivity contribution is 7.88. The molecule has 110 valence electrons. The minimum Gasteiger partial charge on any atom is -0.480 e. The van der Waals surface area contributed by atoms with Crippen LogP contribution in [-0.4, -0.2) is 32.1 Å². The summed E-state index contributed by atoms with van der Waals surface area (Å²) in [5.74, 6) is -1.35. The number of sulfonamides is 1. The Hall–Kier alpha value is -1.48. The summed E-state index contributed by atoms with van der Waals surface area (Å²) in [4.78, 5) is 10.7. The minimum absolute atomic E-state index is 0.146. The van der Waals surface area contributed by atoms with Crippen LogP contribution in [0.4, 0.5) is 0 Å². The average molecular weight is 300 g/mol. The number of carboxylic acid groups (broad SMARTS) is 1. The number of carbonyl (C=O) groups is 1. The summed E-state index contributed by atoms with van der Waals surface area (Å²) < 4.78 is 27.5. The van der Waals surface area contributed by atoms with Crippen LogP contribution in [0.5, 0.6) is 0 Å². The van der Waals surface area contributed by atoms with Crippen LogP contribution in [0.2, 0.25) is 0 Å². The molecule has 0 radical (unpaired) electrons. The molecule has 2 atom stereocenters. The number of epoxide rings is 1. The predicted octanol–water partition coefficient (Wildman–Crippen LogP) is -0.499. The number of rotatable bonds is 6. The van der Waals surface area contributed by atoms with Crippen LogP contribution in [0.15, 0.2) is 18.2 Å². The fraction of sp³-hybridized carbons (Fsp3) is 0.417. The van der Waals surface area contributed by atoms with Gasteiger partial charge in [-0.2, -0.15) is 0 Å². The van der Waals surface area contributed by atoms with Gasteiger partial charge in [0.25, 0.3) is 0 Å². The Labute approximate surface area is 116 Å². The van der Waals surface area contributed by atoms with E-state index in [-0.39, 0.29) is 18.3 Å². The van der Waals surface area contributed by atoms with Crippen molar-refractivity contribution in [2.24, 2.45) is 10.9 Å². The van der Waals surface area contributed by atoms with Crippen LogP contribution in [-0.2, 0) is 31.7 Å². The lowest BCUT2D eigenvalue weighted by atomic mass is 9.99. The Morgan fingerprint density at radius 3 is 2.65 bits per heavy atom. The van der Waals surface area contributed by atoms with Crippen molar-refractivity contribution in [3.8, 4) is 0 Å².